The fourth-order valence-corrected chi connectivity index (χ4v) is 4.00. The summed E-state index contributed by atoms with van der Waals surface area (Å²) in [6.45, 7) is 5.85. The quantitative estimate of drug-likeness (QED) is 0.704. The molecule has 0 bridgehead atoms. The van der Waals surface area contributed by atoms with Gasteiger partial charge in [-0.05, 0) is 48.6 Å². The Kier molecular flexibility index (Phi) is 5.58. The van der Waals surface area contributed by atoms with Crippen molar-refractivity contribution >= 4 is 28.8 Å². The predicted molar refractivity (Wildman–Crippen MR) is 103 cm³/mol. The van der Waals surface area contributed by atoms with Crippen molar-refractivity contribution < 1.29 is 14.7 Å². The highest BCUT2D eigenvalue weighted by Gasteiger charge is 2.22. The molecule has 0 spiro atoms. The summed E-state index contributed by atoms with van der Waals surface area (Å²) in [6.07, 6.45) is 1.05. The molecule has 1 atom stereocenters. The maximum atomic E-state index is 12.4. The molecule has 7 heteroatoms. The molecule has 2 heterocycles. The lowest BCUT2D eigenvalue weighted by molar-refractivity contribution is -0.114. The van der Waals surface area contributed by atoms with Crippen LogP contribution in [0.2, 0.25) is 0 Å². The molecular formula is C19H23N3O3S. The molecule has 0 unspecified atom stereocenters. The maximum absolute atomic E-state index is 12.4. The van der Waals surface area contributed by atoms with Crippen LogP contribution < -0.4 is 10.6 Å². The first-order valence-corrected chi connectivity index (χ1v) is 9.50. The molecule has 0 saturated heterocycles. The Hall–Kier alpha value is -2.38. The van der Waals surface area contributed by atoms with Crippen LogP contribution in [0.5, 0.6) is 5.75 Å². The molecule has 1 aromatic carbocycles. The summed E-state index contributed by atoms with van der Waals surface area (Å²) in [5, 5.41) is 17.6. The van der Waals surface area contributed by atoms with Crippen molar-refractivity contribution in [2.24, 2.45) is 0 Å². The summed E-state index contributed by atoms with van der Waals surface area (Å²) < 4.78 is 0. The fraction of sp³-hybridized carbons (Fsp3) is 0.368. The number of rotatable bonds is 5. The minimum Gasteiger partial charge on any atom is -0.507 e. The topological polar surface area (TPSA) is 81.7 Å². The van der Waals surface area contributed by atoms with Crippen LogP contribution in [-0.4, -0.2) is 41.0 Å². The van der Waals surface area contributed by atoms with Crippen LogP contribution in [0.4, 0.5) is 5.69 Å². The number of carbonyl (C=O) groups excluding carboxylic acids is 2. The average molecular weight is 373 g/mol. The molecule has 1 aromatic heterocycles. The van der Waals surface area contributed by atoms with Crippen LogP contribution in [0.15, 0.2) is 29.6 Å². The Labute approximate surface area is 156 Å². The predicted octanol–water partition coefficient (Wildman–Crippen LogP) is 2.59. The number of amides is 2. The Morgan fingerprint density at radius 1 is 1.35 bits per heavy atom. The van der Waals surface area contributed by atoms with Gasteiger partial charge in [0.2, 0.25) is 5.91 Å². The first-order chi connectivity index (χ1) is 12.4. The van der Waals surface area contributed by atoms with Gasteiger partial charge in [0.05, 0.1) is 5.56 Å². The van der Waals surface area contributed by atoms with E-state index < -0.39 is 0 Å². The largest absolute Gasteiger partial charge is 0.507 e. The molecule has 138 valence electrons. The highest BCUT2D eigenvalue weighted by molar-refractivity contribution is 7.10. The van der Waals surface area contributed by atoms with Crippen LogP contribution in [0, 0.1) is 0 Å². The number of phenolic OH excluding ortho intramolecular Hbond substituents is 1. The van der Waals surface area contributed by atoms with Crippen LogP contribution in [0.1, 0.15) is 34.6 Å². The van der Waals surface area contributed by atoms with Crippen molar-refractivity contribution in [1.82, 2.24) is 10.2 Å². The highest BCUT2D eigenvalue weighted by atomic mass is 32.1. The lowest BCUT2D eigenvalue weighted by Gasteiger charge is -2.32. The van der Waals surface area contributed by atoms with Gasteiger partial charge < -0.3 is 15.7 Å². The molecule has 0 fully saturated rings. The van der Waals surface area contributed by atoms with E-state index in [4.69, 9.17) is 0 Å². The third kappa shape index (κ3) is 4.23. The smallest absolute Gasteiger partial charge is 0.255 e. The van der Waals surface area contributed by atoms with Gasteiger partial charge in [-0.25, -0.2) is 0 Å². The van der Waals surface area contributed by atoms with Gasteiger partial charge in [0.25, 0.3) is 5.91 Å². The van der Waals surface area contributed by atoms with Gasteiger partial charge in [-0.3, -0.25) is 14.5 Å². The lowest BCUT2D eigenvalue weighted by atomic mass is 10.1. The SMILES string of the molecule is CC(=O)Nc1ccc(O)c(C(=O)NC[C@H](C)N2CCc3sccc3C2)c1. The molecule has 1 aliphatic rings. The molecule has 0 aliphatic carbocycles. The number of benzene rings is 1. The van der Waals surface area contributed by atoms with Crippen LogP contribution >= 0.6 is 11.3 Å². The number of carbonyl (C=O) groups is 2. The molecular weight excluding hydrogens is 350 g/mol. The van der Waals surface area contributed by atoms with Crippen molar-refractivity contribution in [1.29, 1.82) is 0 Å². The van der Waals surface area contributed by atoms with Gasteiger partial charge in [-0.2, -0.15) is 0 Å². The van der Waals surface area contributed by atoms with Gasteiger partial charge in [0.15, 0.2) is 0 Å². The van der Waals surface area contributed by atoms with Crippen molar-refractivity contribution in [2.75, 3.05) is 18.4 Å². The van der Waals surface area contributed by atoms with E-state index in [1.807, 2.05) is 11.3 Å². The first-order valence-electron chi connectivity index (χ1n) is 8.62. The van der Waals surface area contributed by atoms with Gasteiger partial charge in [-0.1, -0.05) is 0 Å². The number of nitrogens with zero attached hydrogens (tertiary/aromatic N) is 1. The normalized spacial score (nSPS) is 15.2. The van der Waals surface area contributed by atoms with E-state index >= 15 is 0 Å². The third-order valence-electron chi connectivity index (χ3n) is 4.58. The first kappa shape index (κ1) is 18.4. The van der Waals surface area contributed by atoms with E-state index in [1.54, 1.807) is 6.07 Å². The zero-order valence-corrected chi connectivity index (χ0v) is 15.7. The summed E-state index contributed by atoms with van der Waals surface area (Å²) in [5.74, 6) is -0.687. The van der Waals surface area contributed by atoms with E-state index in [2.05, 4.69) is 33.9 Å². The molecule has 2 amide bonds. The summed E-state index contributed by atoms with van der Waals surface area (Å²) >= 11 is 1.81. The Bertz CT molecular complexity index is 818. The Morgan fingerprint density at radius 2 is 2.15 bits per heavy atom. The number of anilines is 1. The second-order valence-electron chi connectivity index (χ2n) is 6.56. The summed E-state index contributed by atoms with van der Waals surface area (Å²) in [6, 6.07) is 6.81. The zero-order chi connectivity index (χ0) is 18.7. The standard InChI is InChI=1S/C19H23N3O3S/c1-12(22-7-5-18-14(11-22)6-8-26-18)10-20-19(25)16-9-15(21-13(2)23)3-4-17(16)24/h3-4,6,8-9,12,24H,5,7,10-11H2,1-2H3,(H,20,25)(H,21,23)/t12-/m0/s1. The number of nitrogens with one attached hydrogen (secondary N) is 2. The van der Waals surface area contributed by atoms with Gasteiger partial charge in [0.1, 0.15) is 5.75 Å². The van der Waals surface area contributed by atoms with E-state index in [1.165, 1.54) is 29.5 Å². The monoisotopic (exact) mass is 373 g/mol. The maximum Gasteiger partial charge on any atom is 0.255 e. The molecule has 3 rings (SSSR count). The second-order valence-corrected chi connectivity index (χ2v) is 7.56. The summed E-state index contributed by atoms with van der Waals surface area (Å²) in [5.41, 5.74) is 2.01. The Balaban J connectivity index is 1.59. The molecule has 26 heavy (non-hydrogen) atoms. The van der Waals surface area contributed by atoms with E-state index in [9.17, 15) is 14.7 Å². The van der Waals surface area contributed by atoms with Crippen molar-refractivity contribution in [3.05, 3.63) is 45.6 Å². The van der Waals surface area contributed by atoms with Gasteiger partial charge in [0, 0.05) is 43.2 Å². The number of phenols is 1. The molecule has 6 nitrogen and oxygen atoms in total. The van der Waals surface area contributed by atoms with Crippen molar-refractivity contribution in [3.8, 4) is 5.75 Å². The zero-order valence-electron chi connectivity index (χ0n) is 14.9. The third-order valence-corrected chi connectivity index (χ3v) is 5.60. The fourth-order valence-electron chi connectivity index (χ4n) is 3.11. The van der Waals surface area contributed by atoms with Gasteiger partial charge in [-0.15, -0.1) is 11.3 Å². The summed E-state index contributed by atoms with van der Waals surface area (Å²) in [7, 11) is 0. The van der Waals surface area contributed by atoms with Crippen LogP contribution in [0.25, 0.3) is 0 Å². The van der Waals surface area contributed by atoms with E-state index in [-0.39, 0.29) is 29.2 Å². The lowest BCUT2D eigenvalue weighted by Crippen LogP contribution is -2.44. The highest BCUT2D eigenvalue weighted by Crippen LogP contribution is 2.25. The molecule has 0 radical (unpaired) electrons. The average Bonchev–Trinajstić information content (AvgIpc) is 3.08. The Morgan fingerprint density at radius 3 is 2.92 bits per heavy atom. The van der Waals surface area contributed by atoms with Gasteiger partial charge >= 0.3 is 0 Å². The number of hydrogen-bond donors (Lipinski definition) is 3. The molecule has 3 N–H and O–H groups in total. The molecule has 1 aliphatic heterocycles. The van der Waals surface area contributed by atoms with Crippen LogP contribution in [-0.2, 0) is 17.8 Å². The number of thiophene rings is 1. The van der Waals surface area contributed by atoms with E-state index in [0.29, 0.717) is 12.2 Å². The molecule has 0 saturated carbocycles. The number of fused-ring (bicyclic) bond motifs is 1. The van der Waals surface area contributed by atoms with Crippen LogP contribution in [0.3, 0.4) is 0 Å². The molecule has 2 aromatic rings. The van der Waals surface area contributed by atoms with E-state index in [0.717, 1.165) is 19.5 Å². The second kappa shape index (κ2) is 7.88. The number of aromatic hydroxyl groups is 1. The number of hydrogen-bond acceptors (Lipinski definition) is 5. The minimum absolute atomic E-state index is 0.106. The summed E-state index contributed by atoms with van der Waals surface area (Å²) in [4.78, 5) is 27.4. The minimum atomic E-state index is -0.352. The van der Waals surface area contributed by atoms with Crippen molar-refractivity contribution in [3.63, 3.8) is 0 Å². The van der Waals surface area contributed by atoms with Crippen molar-refractivity contribution in [2.45, 2.75) is 32.9 Å².